The molecule has 0 aliphatic heterocycles. The summed E-state index contributed by atoms with van der Waals surface area (Å²) in [5.41, 5.74) is 1.69. The molecule has 0 saturated carbocycles. The number of carboxylic acids is 1. The summed E-state index contributed by atoms with van der Waals surface area (Å²) in [5.74, 6) is -0.688. The molecule has 0 unspecified atom stereocenters. The van der Waals surface area contributed by atoms with Gasteiger partial charge in [-0.2, -0.15) is 4.74 Å². The van der Waals surface area contributed by atoms with Crippen LogP contribution in [0, 0.1) is 13.8 Å². The molecule has 154 valence electrons. The second kappa shape index (κ2) is 6.87. The number of hydrogen-bond acceptors (Lipinski definition) is 5. The molecule has 0 fully saturated rings. The van der Waals surface area contributed by atoms with Crippen LogP contribution in [0.3, 0.4) is 0 Å². The zero-order chi connectivity index (χ0) is 21.7. The first-order valence-corrected chi connectivity index (χ1v) is 9.38. The van der Waals surface area contributed by atoms with Crippen LogP contribution in [0.4, 0.5) is 0 Å². The van der Waals surface area contributed by atoms with E-state index in [-0.39, 0.29) is 22.3 Å². The van der Waals surface area contributed by atoms with Gasteiger partial charge in [0.1, 0.15) is 11.3 Å². The van der Waals surface area contributed by atoms with E-state index in [2.05, 4.69) is 4.98 Å². The lowest BCUT2D eigenvalue weighted by Crippen LogP contribution is -2.21. The van der Waals surface area contributed by atoms with E-state index in [1.807, 2.05) is 6.92 Å². The van der Waals surface area contributed by atoms with Crippen LogP contribution in [0.25, 0.3) is 27.7 Å². The summed E-state index contributed by atoms with van der Waals surface area (Å²) in [6.45, 7) is 5.56. The molecule has 1 aromatic carbocycles. The van der Waals surface area contributed by atoms with E-state index in [1.165, 1.54) is 9.42 Å². The summed E-state index contributed by atoms with van der Waals surface area (Å²) < 4.78 is 9.54. The second-order valence-corrected chi connectivity index (χ2v) is 7.02. The van der Waals surface area contributed by atoms with Crippen LogP contribution in [-0.2, 0) is 13.6 Å². The van der Waals surface area contributed by atoms with Gasteiger partial charge in [-0.05, 0) is 44.5 Å². The van der Waals surface area contributed by atoms with Crippen molar-refractivity contribution in [1.29, 1.82) is 0 Å². The molecule has 30 heavy (non-hydrogen) atoms. The monoisotopic (exact) mass is 408 g/mol. The molecule has 3 heterocycles. The lowest BCUT2D eigenvalue weighted by Gasteiger charge is -2.12. The molecule has 0 aliphatic carbocycles. The highest BCUT2D eigenvalue weighted by molar-refractivity contribution is 6.00. The smallest absolute Gasteiger partial charge is 0.356 e. The van der Waals surface area contributed by atoms with E-state index >= 15 is 0 Å². The van der Waals surface area contributed by atoms with Gasteiger partial charge in [-0.1, -0.05) is 12.1 Å². The number of rotatable bonds is 4. The van der Waals surface area contributed by atoms with E-state index in [9.17, 15) is 19.5 Å². The standard InChI is InChI=1S/C21H20N4O5/c1-5-24-18-15(10-11(2)22-17(18)21(28)29)19(26)25(24)14-8-6-13(7-9-14)16-12(3)30-23(4)20(16)27/h6-10H,5H2,1-4H3,(H,28,29). The van der Waals surface area contributed by atoms with E-state index in [1.54, 1.807) is 55.9 Å². The molecule has 1 N–H and O–H groups in total. The predicted molar refractivity (Wildman–Crippen MR) is 110 cm³/mol. The van der Waals surface area contributed by atoms with Crippen LogP contribution in [0.2, 0.25) is 0 Å². The highest BCUT2D eigenvalue weighted by Gasteiger charge is 2.22. The minimum absolute atomic E-state index is 0.156. The highest BCUT2D eigenvalue weighted by Crippen LogP contribution is 2.23. The van der Waals surface area contributed by atoms with Gasteiger partial charge in [0, 0.05) is 19.3 Å². The minimum atomic E-state index is -1.19. The summed E-state index contributed by atoms with van der Waals surface area (Å²) in [6, 6.07) is 8.50. The molecule has 3 aromatic heterocycles. The van der Waals surface area contributed by atoms with E-state index < -0.39 is 5.97 Å². The first-order chi connectivity index (χ1) is 14.2. The van der Waals surface area contributed by atoms with E-state index in [0.29, 0.717) is 40.2 Å². The fourth-order valence-corrected chi connectivity index (χ4v) is 3.82. The number of nitrogens with zero attached hydrogens (tertiary/aromatic N) is 4. The van der Waals surface area contributed by atoms with Gasteiger partial charge in [-0.15, -0.1) is 0 Å². The maximum atomic E-state index is 13.2. The molecule has 0 amide bonds. The van der Waals surface area contributed by atoms with Crippen molar-refractivity contribution in [2.24, 2.45) is 7.05 Å². The quantitative estimate of drug-likeness (QED) is 0.555. The molecule has 9 heteroatoms. The summed E-state index contributed by atoms with van der Waals surface area (Å²) in [4.78, 5) is 41.3. The topological polar surface area (TPSA) is 112 Å². The van der Waals surface area contributed by atoms with Crippen LogP contribution in [0.15, 0.2) is 44.4 Å². The Morgan fingerprint density at radius 3 is 2.33 bits per heavy atom. The van der Waals surface area contributed by atoms with Crippen molar-refractivity contribution in [2.45, 2.75) is 27.3 Å². The first kappa shape index (κ1) is 19.4. The summed E-state index contributed by atoms with van der Waals surface area (Å²) in [6.07, 6.45) is 0. The second-order valence-electron chi connectivity index (χ2n) is 7.02. The van der Waals surface area contributed by atoms with Gasteiger partial charge in [0.05, 0.1) is 16.6 Å². The third-order valence-corrected chi connectivity index (χ3v) is 5.07. The Hall–Kier alpha value is -3.88. The molecule has 4 aromatic rings. The third-order valence-electron chi connectivity index (χ3n) is 5.07. The van der Waals surface area contributed by atoms with Crippen LogP contribution in [-0.4, -0.2) is 30.2 Å². The van der Waals surface area contributed by atoms with Gasteiger partial charge in [0.15, 0.2) is 5.69 Å². The zero-order valence-corrected chi connectivity index (χ0v) is 17.0. The van der Waals surface area contributed by atoms with Crippen LogP contribution < -0.4 is 11.1 Å². The number of aromatic carboxylic acids is 1. The average Bonchev–Trinajstić information content (AvgIpc) is 3.13. The predicted octanol–water partition coefficient (Wildman–Crippen LogP) is 2.48. The third kappa shape index (κ3) is 2.78. The number of pyridine rings is 1. The van der Waals surface area contributed by atoms with Crippen LogP contribution in [0.1, 0.15) is 28.9 Å². The van der Waals surface area contributed by atoms with Gasteiger partial charge in [0.25, 0.3) is 11.1 Å². The fourth-order valence-electron chi connectivity index (χ4n) is 3.82. The Labute approximate surface area is 170 Å². The van der Waals surface area contributed by atoms with Crippen molar-refractivity contribution in [3.05, 3.63) is 68.2 Å². The van der Waals surface area contributed by atoms with E-state index in [4.69, 9.17) is 4.52 Å². The maximum Gasteiger partial charge on any atom is 0.356 e. The molecule has 0 bridgehead atoms. The number of aryl methyl sites for hydroxylation is 4. The Bertz CT molecular complexity index is 1420. The van der Waals surface area contributed by atoms with E-state index in [0.717, 1.165) is 0 Å². The van der Waals surface area contributed by atoms with Crippen molar-refractivity contribution in [1.82, 2.24) is 19.1 Å². The molecular formula is C21H20N4O5. The molecular weight excluding hydrogens is 388 g/mol. The molecule has 0 spiro atoms. The molecule has 0 saturated heterocycles. The Kier molecular flexibility index (Phi) is 4.45. The Morgan fingerprint density at radius 1 is 1.13 bits per heavy atom. The van der Waals surface area contributed by atoms with Crippen molar-refractivity contribution in [2.75, 3.05) is 0 Å². The number of aromatic nitrogens is 4. The van der Waals surface area contributed by atoms with Gasteiger partial charge >= 0.3 is 5.97 Å². The number of fused-ring (bicyclic) bond motifs is 1. The van der Waals surface area contributed by atoms with Crippen molar-refractivity contribution < 1.29 is 14.4 Å². The highest BCUT2D eigenvalue weighted by atomic mass is 16.5. The van der Waals surface area contributed by atoms with Crippen molar-refractivity contribution in [3.8, 4) is 16.8 Å². The maximum absolute atomic E-state index is 13.2. The normalized spacial score (nSPS) is 11.3. The number of hydrogen-bond donors (Lipinski definition) is 1. The Balaban J connectivity index is 1.95. The summed E-state index contributed by atoms with van der Waals surface area (Å²) in [7, 11) is 1.54. The van der Waals surface area contributed by atoms with Crippen LogP contribution in [0.5, 0.6) is 0 Å². The van der Waals surface area contributed by atoms with Gasteiger partial charge in [-0.3, -0.25) is 14.3 Å². The zero-order valence-electron chi connectivity index (χ0n) is 17.0. The molecule has 0 aliphatic rings. The molecule has 4 rings (SSSR count). The number of carbonyl (C=O) groups is 1. The average molecular weight is 408 g/mol. The minimum Gasteiger partial charge on any atom is -0.476 e. The lowest BCUT2D eigenvalue weighted by molar-refractivity contribution is 0.0692. The van der Waals surface area contributed by atoms with Crippen molar-refractivity contribution in [3.63, 3.8) is 0 Å². The fraction of sp³-hybridized carbons (Fsp3) is 0.238. The van der Waals surface area contributed by atoms with Gasteiger partial charge < -0.3 is 9.63 Å². The molecule has 0 atom stereocenters. The summed E-state index contributed by atoms with van der Waals surface area (Å²) >= 11 is 0. The SMILES string of the molecule is CCn1c2c(C(=O)O)nc(C)cc2c(=O)n1-c1ccc(-c2c(C)on(C)c2=O)cc1. The number of carboxylic acid groups (broad SMARTS) is 1. The largest absolute Gasteiger partial charge is 0.476 e. The Morgan fingerprint density at radius 2 is 1.80 bits per heavy atom. The van der Waals surface area contributed by atoms with Crippen LogP contribution >= 0.6 is 0 Å². The number of benzene rings is 1. The van der Waals surface area contributed by atoms with Gasteiger partial charge in [0.2, 0.25) is 0 Å². The molecule has 0 radical (unpaired) electrons. The lowest BCUT2D eigenvalue weighted by atomic mass is 10.1. The first-order valence-electron chi connectivity index (χ1n) is 9.38. The van der Waals surface area contributed by atoms with Gasteiger partial charge in [-0.25, -0.2) is 14.5 Å². The van der Waals surface area contributed by atoms with Crippen molar-refractivity contribution >= 4 is 16.9 Å². The molecule has 9 nitrogen and oxygen atoms in total. The summed E-state index contributed by atoms with van der Waals surface area (Å²) in [5, 5.41) is 9.88.